The lowest BCUT2D eigenvalue weighted by Gasteiger charge is -2.16. The van der Waals surface area contributed by atoms with Crippen molar-refractivity contribution in [1.29, 1.82) is 5.26 Å². The minimum atomic E-state index is -0.569. The maximum absolute atomic E-state index is 13.2. The molecule has 8 heteroatoms. The number of pyridine rings is 1. The molecule has 0 saturated heterocycles. The van der Waals surface area contributed by atoms with Gasteiger partial charge in [0.25, 0.3) is 0 Å². The first kappa shape index (κ1) is 30.0. The summed E-state index contributed by atoms with van der Waals surface area (Å²) >= 11 is 8.91. The number of anilines is 1. The maximum atomic E-state index is 13.2. The van der Waals surface area contributed by atoms with Gasteiger partial charge in [0.05, 0.1) is 16.5 Å². The summed E-state index contributed by atoms with van der Waals surface area (Å²) in [5.41, 5.74) is 5.77. The monoisotopic (exact) mass is 619 g/mol. The lowest BCUT2D eigenvalue weighted by Crippen LogP contribution is -2.22. The van der Waals surface area contributed by atoms with Crippen LogP contribution in [0.2, 0.25) is 5.02 Å². The Bertz CT molecular complexity index is 1830. The van der Waals surface area contributed by atoms with Crippen molar-refractivity contribution in [3.8, 4) is 28.5 Å². The van der Waals surface area contributed by atoms with E-state index in [0.717, 1.165) is 21.6 Å². The topological polar surface area (TPSA) is 82.9 Å². The third kappa shape index (κ3) is 7.49. The standard InChI is InChI=1S/C35H26ClN3O2S2/c1-22-5-7-25(8-6-22)32-20-30(24-9-13-27(36)14-10-24)31(21-37)35(39-32)43-23(2)34(41)38-28-15-11-26(12-16-28)33(40)18-17-29-4-3-19-42-29/h3-20,23H,1-2H3,(H,38,41)/b18-17+. The fourth-order valence-electron chi connectivity index (χ4n) is 4.27. The molecule has 0 aliphatic carbocycles. The highest BCUT2D eigenvalue weighted by Gasteiger charge is 2.22. The fourth-order valence-corrected chi connectivity index (χ4v) is 5.94. The second kappa shape index (κ2) is 13.7. The van der Waals surface area contributed by atoms with Crippen LogP contribution in [-0.2, 0) is 4.79 Å². The van der Waals surface area contributed by atoms with Crippen LogP contribution in [0.1, 0.15) is 33.3 Å². The Kier molecular flexibility index (Phi) is 9.53. The van der Waals surface area contributed by atoms with Gasteiger partial charge in [0.2, 0.25) is 5.91 Å². The van der Waals surface area contributed by atoms with Crippen molar-refractivity contribution < 1.29 is 9.59 Å². The molecule has 2 aromatic heterocycles. The number of aryl methyl sites for hydroxylation is 1. The normalized spacial score (nSPS) is 11.7. The number of ketones is 1. The Balaban J connectivity index is 1.37. The van der Waals surface area contributed by atoms with E-state index in [1.54, 1.807) is 66.8 Å². The molecule has 5 rings (SSSR count). The van der Waals surface area contributed by atoms with Crippen LogP contribution in [0.3, 0.4) is 0 Å². The number of carbonyl (C=O) groups excluding carboxylic acids is 2. The van der Waals surface area contributed by atoms with Crippen molar-refractivity contribution in [1.82, 2.24) is 4.98 Å². The molecule has 0 saturated carbocycles. The summed E-state index contributed by atoms with van der Waals surface area (Å²) in [6.07, 6.45) is 3.33. The number of nitrogens with one attached hydrogen (secondary N) is 1. The maximum Gasteiger partial charge on any atom is 0.237 e. The number of rotatable bonds is 9. The zero-order chi connectivity index (χ0) is 30.3. The molecule has 43 heavy (non-hydrogen) atoms. The first-order chi connectivity index (χ1) is 20.8. The van der Waals surface area contributed by atoms with Gasteiger partial charge in [0.1, 0.15) is 11.1 Å². The first-order valence-electron chi connectivity index (χ1n) is 13.4. The first-order valence-corrected chi connectivity index (χ1v) is 15.6. The molecule has 0 radical (unpaired) electrons. The van der Waals surface area contributed by atoms with Gasteiger partial charge in [-0.25, -0.2) is 4.98 Å². The molecule has 0 aliphatic heterocycles. The highest BCUT2D eigenvalue weighted by atomic mass is 35.5. The number of hydrogen-bond donors (Lipinski definition) is 1. The third-order valence-corrected chi connectivity index (χ3v) is 8.81. The van der Waals surface area contributed by atoms with Gasteiger partial charge >= 0.3 is 0 Å². The van der Waals surface area contributed by atoms with Gasteiger partial charge in [-0.3, -0.25) is 9.59 Å². The molecule has 0 bridgehead atoms. The highest BCUT2D eigenvalue weighted by Crippen LogP contribution is 2.36. The van der Waals surface area contributed by atoms with Crippen LogP contribution in [0.25, 0.3) is 28.5 Å². The van der Waals surface area contributed by atoms with Crippen LogP contribution in [0, 0.1) is 18.3 Å². The van der Waals surface area contributed by atoms with Crippen LogP contribution >= 0.6 is 34.7 Å². The molecule has 1 unspecified atom stereocenters. The predicted molar refractivity (Wildman–Crippen MR) is 178 cm³/mol. The van der Waals surface area contributed by atoms with Crippen LogP contribution in [0.4, 0.5) is 5.69 Å². The van der Waals surface area contributed by atoms with Crippen molar-refractivity contribution >= 4 is 58.2 Å². The number of thiophene rings is 1. The second-order valence-electron chi connectivity index (χ2n) is 9.76. The average molecular weight is 620 g/mol. The number of thioether (sulfide) groups is 1. The van der Waals surface area contributed by atoms with E-state index in [9.17, 15) is 14.9 Å². The Labute approximate surface area is 263 Å². The van der Waals surface area contributed by atoms with Crippen molar-refractivity contribution in [3.05, 3.63) is 129 Å². The SMILES string of the molecule is Cc1ccc(-c2cc(-c3ccc(Cl)cc3)c(C#N)c(SC(C)C(=O)Nc3ccc(C(=O)/C=C/c4cccs4)cc3)n2)cc1. The summed E-state index contributed by atoms with van der Waals surface area (Å²) in [7, 11) is 0. The largest absolute Gasteiger partial charge is 0.325 e. The zero-order valence-electron chi connectivity index (χ0n) is 23.4. The van der Waals surface area contributed by atoms with Gasteiger partial charge < -0.3 is 5.32 Å². The van der Waals surface area contributed by atoms with Crippen molar-refractivity contribution in [2.24, 2.45) is 0 Å². The van der Waals surface area contributed by atoms with Crippen LogP contribution in [0.15, 0.2) is 107 Å². The number of carbonyl (C=O) groups is 2. The summed E-state index contributed by atoms with van der Waals surface area (Å²) in [6.45, 7) is 3.79. The molecule has 1 amide bonds. The molecule has 3 aromatic carbocycles. The van der Waals surface area contributed by atoms with Crippen LogP contribution in [-0.4, -0.2) is 21.9 Å². The molecule has 1 N–H and O–H groups in total. The van der Waals surface area contributed by atoms with E-state index in [2.05, 4.69) is 11.4 Å². The van der Waals surface area contributed by atoms with E-state index >= 15 is 0 Å². The number of aromatic nitrogens is 1. The zero-order valence-corrected chi connectivity index (χ0v) is 25.8. The number of halogens is 1. The van der Waals surface area contributed by atoms with E-state index < -0.39 is 5.25 Å². The Morgan fingerprint density at radius 2 is 1.70 bits per heavy atom. The summed E-state index contributed by atoms with van der Waals surface area (Å²) < 4.78 is 0. The van der Waals surface area contributed by atoms with Gasteiger partial charge in [-0.05, 0) is 85.5 Å². The third-order valence-electron chi connectivity index (χ3n) is 6.64. The average Bonchev–Trinajstić information content (AvgIpc) is 3.54. The minimum absolute atomic E-state index is 0.116. The van der Waals surface area contributed by atoms with E-state index in [0.29, 0.717) is 38.1 Å². The number of amides is 1. The van der Waals surface area contributed by atoms with Gasteiger partial charge in [-0.2, -0.15) is 5.26 Å². The van der Waals surface area contributed by atoms with Crippen molar-refractivity contribution in [3.63, 3.8) is 0 Å². The van der Waals surface area contributed by atoms with E-state index in [4.69, 9.17) is 16.6 Å². The molecule has 0 fully saturated rings. The number of hydrogen-bond acceptors (Lipinski definition) is 6. The Morgan fingerprint density at radius 3 is 2.35 bits per heavy atom. The molecule has 212 valence electrons. The number of allylic oxidation sites excluding steroid dienone is 1. The number of benzene rings is 3. The molecule has 0 aliphatic rings. The van der Waals surface area contributed by atoms with Crippen molar-refractivity contribution in [2.45, 2.75) is 24.1 Å². The molecule has 5 nitrogen and oxygen atoms in total. The molecule has 0 spiro atoms. The summed E-state index contributed by atoms with van der Waals surface area (Å²) in [5.74, 6) is -0.364. The van der Waals surface area contributed by atoms with E-state index in [-0.39, 0.29) is 11.7 Å². The van der Waals surface area contributed by atoms with Crippen LogP contribution in [0.5, 0.6) is 0 Å². The molecule has 1 atom stereocenters. The Morgan fingerprint density at radius 1 is 1.00 bits per heavy atom. The van der Waals surface area contributed by atoms with Gasteiger partial charge in [0.15, 0.2) is 5.78 Å². The summed E-state index contributed by atoms with van der Waals surface area (Å²) in [4.78, 5) is 31.6. The van der Waals surface area contributed by atoms with E-state index in [1.807, 2.05) is 66.9 Å². The minimum Gasteiger partial charge on any atom is -0.325 e. The quantitative estimate of drug-likeness (QED) is 0.101. The fraction of sp³-hybridized carbons (Fsp3) is 0.0857. The number of nitrogens with zero attached hydrogens (tertiary/aromatic N) is 2. The van der Waals surface area contributed by atoms with Gasteiger partial charge in [-0.1, -0.05) is 71.4 Å². The highest BCUT2D eigenvalue weighted by molar-refractivity contribution is 8.00. The lowest BCUT2D eigenvalue weighted by molar-refractivity contribution is -0.115. The molecule has 2 heterocycles. The van der Waals surface area contributed by atoms with Crippen molar-refractivity contribution in [2.75, 3.05) is 5.32 Å². The lowest BCUT2D eigenvalue weighted by atomic mass is 9.99. The Hall–Kier alpha value is -4.48. The molecule has 5 aromatic rings. The smallest absolute Gasteiger partial charge is 0.237 e. The number of nitriles is 1. The molecular weight excluding hydrogens is 594 g/mol. The summed E-state index contributed by atoms with van der Waals surface area (Å²) in [6, 6.07) is 30.2. The second-order valence-corrected chi connectivity index (χ2v) is 12.5. The molecular formula is C35H26ClN3O2S2. The van der Waals surface area contributed by atoms with Gasteiger partial charge in [-0.15, -0.1) is 11.3 Å². The predicted octanol–water partition coefficient (Wildman–Crippen LogP) is 9.33. The van der Waals surface area contributed by atoms with E-state index in [1.165, 1.54) is 11.8 Å². The van der Waals surface area contributed by atoms with Crippen LogP contribution < -0.4 is 5.32 Å². The summed E-state index contributed by atoms with van der Waals surface area (Å²) in [5, 5.41) is 15.6. The van der Waals surface area contributed by atoms with Gasteiger partial charge in [0, 0.05) is 32.3 Å².